The Morgan fingerprint density at radius 3 is 0.875 bits per heavy atom. The molecule has 0 aliphatic carbocycles. The van der Waals surface area contributed by atoms with E-state index in [1.165, 1.54) is 173 Å². The average molecular weight is 793 g/mol. The number of carbonyl (C=O) groups excluding carboxylic acids is 3. The van der Waals surface area contributed by atoms with Crippen LogP contribution in [0.4, 0.5) is 0 Å². The van der Waals surface area contributed by atoms with E-state index in [9.17, 15) is 14.4 Å². The number of rotatable bonds is 45. The maximum absolute atomic E-state index is 12.7. The molecule has 0 heterocycles. The van der Waals surface area contributed by atoms with Crippen LogP contribution in [0.2, 0.25) is 0 Å². The summed E-state index contributed by atoms with van der Waals surface area (Å²) in [7, 11) is 0. The predicted octanol–water partition coefficient (Wildman–Crippen LogP) is 15.9. The van der Waals surface area contributed by atoms with Crippen molar-refractivity contribution in [3.05, 3.63) is 0 Å². The van der Waals surface area contributed by atoms with Gasteiger partial charge in [-0.15, -0.1) is 0 Å². The summed E-state index contributed by atoms with van der Waals surface area (Å²) in [4.78, 5) is 37.8. The Balaban J connectivity index is 4.23. The number of hydrogen-bond acceptors (Lipinski definition) is 6. The maximum atomic E-state index is 12.7. The molecule has 0 bridgehead atoms. The van der Waals surface area contributed by atoms with Gasteiger partial charge in [-0.3, -0.25) is 14.4 Å². The molecule has 0 fully saturated rings. The number of esters is 3. The number of ether oxygens (including phenoxy) is 3. The molecule has 0 amide bonds. The van der Waals surface area contributed by atoms with E-state index in [2.05, 4.69) is 27.7 Å². The third kappa shape index (κ3) is 43.5. The fourth-order valence-corrected chi connectivity index (χ4v) is 7.51. The van der Waals surface area contributed by atoms with E-state index < -0.39 is 6.10 Å². The molecular formula is C50H96O6. The zero-order chi connectivity index (χ0) is 41.0. The zero-order valence-electron chi connectivity index (χ0n) is 38.1. The largest absolute Gasteiger partial charge is 0.462 e. The van der Waals surface area contributed by atoms with E-state index in [0.717, 1.165) is 63.7 Å². The smallest absolute Gasteiger partial charge is 0.306 e. The minimum absolute atomic E-state index is 0.0631. The third-order valence-corrected chi connectivity index (χ3v) is 11.3. The van der Waals surface area contributed by atoms with Crippen molar-refractivity contribution in [2.45, 2.75) is 284 Å². The van der Waals surface area contributed by atoms with Crippen molar-refractivity contribution in [3.8, 4) is 0 Å². The Morgan fingerprint density at radius 1 is 0.339 bits per heavy atom. The van der Waals surface area contributed by atoms with Gasteiger partial charge in [0.1, 0.15) is 13.2 Å². The second kappa shape index (κ2) is 44.5. The fraction of sp³-hybridized carbons (Fsp3) is 0.940. The van der Waals surface area contributed by atoms with E-state index in [0.29, 0.717) is 19.3 Å². The first-order valence-electron chi connectivity index (χ1n) is 24.9. The van der Waals surface area contributed by atoms with Crippen LogP contribution in [0.25, 0.3) is 0 Å². The summed E-state index contributed by atoms with van der Waals surface area (Å²) in [5.74, 6) is -0.00515. The van der Waals surface area contributed by atoms with Gasteiger partial charge in [0.15, 0.2) is 6.10 Å². The molecule has 6 nitrogen and oxygen atoms in total. The van der Waals surface area contributed by atoms with Crippen molar-refractivity contribution < 1.29 is 28.6 Å². The summed E-state index contributed by atoms with van der Waals surface area (Å²) < 4.78 is 16.7. The van der Waals surface area contributed by atoms with Crippen LogP contribution < -0.4 is 0 Å². The highest BCUT2D eigenvalue weighted by atomic mass is 16.6. The van der Waals surface area contributed by atoms with Gasteiger partial charge in [-0.05, 0) is 25.2 Å². The molecule has 0 saturated carbocycles. The van der Waals surface area contributed by atoms with E-state index in [1.54, 1.807) is 0 Å². The van der Waals surface area contributed by atoms with Gasteiger partial charge in [-0.1, -0.05) is 240 Å². The standard InChI is InChI=1S/C50H96O6/c1-5-7-9-11-13-15-16-22-26-29-33-37-41-48(51)54-44-47(56-50(53)43-39-35-31-24-14-12-10-8-6-2)45-55-49(52)42-38-34-30-27-23-20-18-17-19-21-25-28-32-36-40-46(3)4/h46-47H,5-45H2,1-4H3/t47-/m1/s1. The Bertz CT molecular complexity index is 841. The van der Waals surface area contributed by atoms with Gasteiger partial charge < -0.3 is 14.2 Å². The molecule has 0 aromatic heterocycles. The van der Waals surface area contributed by atoms with Crippen LogP contribution in [0.5, 0.6) is 0 Å². The van der Waals surface area contributed by atoms with Crippen LogP contribution >= 0.6 is 0 Å². The van der Waals surface area contributed by atoms with E-state index >= 15 is 0 Å². The van der Waals surface area contributed by atoms with Crippen LogP contribution in [0, 0.1) is 5.92 Å². The summed E-state index contributed by atoms with van der Waals surface area (Å²) in [5.41, 5.74) is 0. The molecule has 56 heavy (non-hydrogen) atoms. The highest BCUT2D eigenvalue weighted by molar-refractivity contribution is 5.71. The van der Waals surface area contributed by atoms with Crippen molar-refractivity contribution in [1.29, 1.82) is 0 Å². The van der Waals surface area contributed by atoms with E-state index in [4.69, 9.17) is 14.2 Å². The van der Waals surface area contributed by atoms with Gasteiger partial charge in [0, 0.05) is 19.3 Å². The molecule has 0 radical (unpaired) electrons. The van der Waals surface area contributed by atoms with Gasteiger partial charge in [-0.2, -0.15) is 0 Å². The molecule has 0 unspecified atom stereocenters. The first-order valence-corrected chi connectivity index (χ1v) is 24.9. The minimum atomic E-state index is -0.759. The van der Waals surface area contributed by atoms with Crippen molar-refractivity contribution in [1.82, 2.24) is 0 Å². The van der Waals surface area contributed by atoms with Crippen molar-refractivity contribution in [3.63, 3.8) is 0 Å². The molecule has 0 aromatic carbocycles. The Kier molecular flexibility index (Phi) is 43.2. The summed E-state index contributed by atoms with van der Waals surface area (Å²) in [5, 5.41) is 0. The quantitative estimate of drug-likeness (QED) is 0.0347. The Labute approximate surface area is 348 Å². The number of unbranched alkanes of at least 4 members (excludes halogenated alkanes) is 32. The summed E-state index contributed by atoms with van der Waals surface area (Å²) in [6.07, 6.45) is 45.2. The topological polar surface area (TPSA) is 78.9 Å². The van der Waals surface area contributed by atoms with Crippen LogP contribution in [0.15, 0.2) is 0 Å². The Morgan fingerprint density at radius 2 is 0.589 bits per heavy atom. The lowest BCUT2D eigenvalue weighted by molar-refractivity contribution is -0.167. The summed E-state index contributed by atoms with van der Waals surface area (Å²) in [6.45, 7) is 9.01. The van der Waals surface area contributed by atoms with Crippen LogP contribution in [0.1, 0.15) is 278 Å². The minimum Gasteiger partial charge on any atom is -0.462 e. The lowest BCUT2D eigenvalue weighted by Gasteiger charge is -2.18. The SMILES string of the molecule is CCCCCCCCCCCCCCC(=O)OC[C@H](COC(=O)CCCCCCCCCCCCCCCCC(C)C)OC(=O)CCCCCCCCCCC. The molecule has 0 rings (SSSR count). The van der Waals surface area contributed by atoms with Crippen LogP contribution in [-0.4, -0.2) is 37.2 Å². The van der Waals surface area contributed by atoms with Gasteiger partial charge >= 0.3 is 17.9 Å². The summed E-state index contributed by atoms with van der Waals surface area (Å²) in [6, 6.07) is 0. The van der Waals surface area contributed by atoms with Crippen molar-refractivity contribution in [2.24, 2.45) is 5.92 Å². The first-order chi connectivity index (χ1) is 27.4. The van der Waals surface area contributed by atoms with Crippen molar-refractivity contribution in [2.75, 3.05) is 13.2 Å². The van der Waals surface area contributed by atoms with Gasteiger partial charge in [0.2, 0.25) is 0 Å². The number of hydrogen-bond donors (Lipinski definition) is 0. The number of carbonyl (C=O) groups is 3. The molecule has 0 saturated heterocycles. The normalized spacial score (nSPS) is 11.9. The molecule has 6 heteroatoms. The van der Waals surface area contributed by atoms with E-state index in [-0.39, 0.29) is 31.1 Å². The monoisotopic (exact) mass is 793 g/mol. The third-order valence-electron chi connectivity index (χ3n) is 11.3. The highest BCUT2D eigenvalue weighted by Gasteiger charge is 2.19. The van der Waals surface area contributed by atoms with Gasteiger partial charge in [0.05, 0.1) is 0 Å². The summed E-state index contributed by atoms with van der Waals surface area (Å²) >= 11 is 0. The molecule has 0 aromatic rings. The lowest BCUT2D eigenvalue weighted by Crippen LogP contribution is -2.30. The average Bonchev–Trinajstić information content (AvgIpc) is 3.18. The van der Waals surface area contributed by atoms with Crippen LogP contribution in [-0.2, 0) is 28.6 Å². The molecule has 0 N–H and O–H groups in total. The molecule has 332 valence electrons. The zero-order valence-corrected chi connectivity index (χ0v) is 38.1. The van der Waals surface area contributed by atoms with Crippen LogP contribution in [0.3, 0.4) is 0 Å². The molecule has 1 atom stereocenters. The Hall–Kier alpha value is -1.59. The maximum Gasteiger partial charge on any atom is 0.306 e. The predicted molar refractivity (Wildman–Crippen MR) is 238 cm³/mol. The lowest BCUT2D eigenvalue weighted by atomic mass is 10.0. The highest BCUT2D eigenvalue weighted by Crippen LogP contribution is 2.17. The van der Waals surface area contributed by atoms with Crippen molar-refractivity contribution >= 4 is 17.9 Å². The van der Waals surface area contributed by atoms with Gasteiger partial charge in [-0.25, -0.2) is 0 Å². The molecule has 0 aliphatic rings. The molecule has 0 spiro atoms. The first kappa shape index (κ1) is 54.4. The fourth-order valence-electron chi connectivity index (χ4n) is 7.51. The van der Waals surface area contributed by atoms with E-state index in [1.807, 2.05) is 0 Å². The molecule has 0 aliphatic heterocycles. The van der Waals surface area contributed by atoms with Gasteiger partial charge in [0.25, 0.3) is 0 Å². The molecular weight excluding hydrogens is 697 g/mol. The second-order valence-electron chi connectivity index (χ2n) is 17.6. The second-order valence-corrected chi connectivity index (χ2v) is 17.6.